The summed E-state index contributed by atoms with van der Waals surface area (Å²) in [6, 6.07) is 0.415. The van der Waals surface area contributed by atoms with E-state index in [-0.39, 0.29) is 12.1 Å². The molecule has 0 aliphatic heterocycles. The summed E-state index contributed by atoms with van der Waals surface area (Å²) in [5.41, 5.74) is 11.6. The molecule has 0 aromatic rings. The SMILES string of the molecule is CCCCCC(N)C(N)CC. The van der Waals surface area contributed by atoms with E-state index >= 15 is 0 Å². The van der Waals surface area contributed by atoms with E-state index < -0.39 is 0 Å². The van der Waals surface area contributed by atoms with Crippen LogP contribution in [0, 0.1) is 0 Å². The normalized spacial score (nSPS) is 16.4. The van der Waals surface area contributed by atoms with Gasteiger partial charge in [0.2, 0.25) is 0 Å². The molecule has 2 unspecified atom stereocenters. The fourth-order valence-corrected chi connectivity index (χ4v) is 1.15. The van der Waals surface area contributed by atoms with Gasteiger partial charge in [-0.05, 0) is 12.8 Å². The van der Waals surface area contributed by atoms with E-state index in [0.717, 1.165) is 12.8 Å². The van der Waals surface area contributed by atoms with Gasteiger partial charge in [0.15, 0.2) is 0 Å². The van der Waals surface area contributed by atoms with Crippen LogP contribution in [-0.2, 0) is 0 Å². The number of hydrogen-bond acceptors (Lipinski definition) is 2. The molecule has 0 aromatic heterocycles. The van der Waals surface area contributed by atoms with E-state index in [2.05, 4.69) is 13.8 Å². The highest BCUT2D eigenvalue weighted by molar-refractivity contribution is 4.73. The molecule has 0 bridgehead atoms. The highest BCUT2D eigenvalue weighted by atomic mass is 14.8. The lowest BCUT2D eigenvalue weighted by Crippen LogP contribution is -2.40. The minimum Gasteiger partial charge on any atom is -0.326 e. The number of nitrogens with two attached hydrogens (primary N) is 2. The van der Waals surface area contributed by atoms with Crippen LogP contribution in [0.4, 0.5) is 0 Å². The summed E-state index contributed by atoms with van der Waals surface area (Å²) in [6.07, 6.45) is 5.85. The minimum atomic E-state index is 0.201. The van der Waals surface area contributed by atoms with Crippen LogP contribution in [0.15, 0.2) is 0 Å². The lowest BCUT2D eigenvalue weighted by molar-refractivity contribution is 0.463. The molecule has 68 valence electrons. The molecule has 2 nitrogen and oxygen atoms in total. The summed E-state index contributed by atoms with van der Waals surface area (Å²) < 4.78 is 0. The summed E-state index contributed by atoms with van der Waals surface area (Å²) in [7, 11) is 0. The molecule has 0 aliphatic rings. The first-order chi connectivity index (χ1) is 5.22. The quantitative estimate of drug-likeness (QED) is 0.577. The standard InChI is InChI=1S/C9H22N2/c1-3-5-6-7-9(11)8(10)4-2/h8-9H,3-7,10-11H2,1-2H3. The number of rotatable bonds is 6. The first-order valence-electron chi connectivity index (χ1n) is 4.73. The Morgan fingerprint density at radius 2 is 1.64 bits per heavy atom. The molecule has 0 rings (SSSR count). The number of unbranched alkanes of at least 4 members (excludes halogenated alkanes) is 2. The van der Waals surface area contributed by atoms with Crippen molar-refractivity contribution in [3.63, 3.8) is 0 Å². The molecule has 0 heterocycles. The van der Waals surface area contributed by atoms with E-state index in [1.165, 1.54) is 19.3 Å². The molecule has 0 amide bonds. The smallest absolute Gasteiger partial charge is 0.0192 e. The van der Waals surface area contributed by atoms with Crippen molar-refractivity contribution in [2.45, 2.75) is 58.0 Å². The van der Waals surface area contributed by atoms with Crippen molar-refractivity contribution < 1.29 is 0 Å². The first-order valence-corrected chi connectivity index (χ1v) is 4.73. The third-order valence-corrected chi connectivity index (χ3v) is 2.16. The van der Waals surface area contributed by atoms with Crippen molar-refractivity contribution in [1.82, 2.24) is 0 Å². The van der Waals surface area contributed by atoms with E-state index in [9.17, 15) is 0 Å². The van der Waals surface area contributed by atoms with Gasteiger partial charge < -0.3 is 11.5 Å². The van der Waals surface area contributed by atoms with Gasteiger partial charge in [0.25, 0.3) is 0 Å². The summed E-state index contributed by atoms with van der Waals surface area (Å²) in [4.78, 5) is 0. The van der Waals surface area contributed by atoms with Crippen LogP contribution in [-0.4, -0.2) is 12.1 Å². The molecule has 2 atom stereocenters. The molecule has 0 fully saturated rings. The van der Waals surface area contributed by atoms with Crippen molar-refractivity contribution in [3.8, 4) is 0 Å². The van der Waals surface area contributed by atoms with Crippen LogP contribution in [0.3, 0.4) is 0 Å². The lowest BCUT2D eigenvalue weighted by Gasteiger charge is -2.17. The van der Waals surface area contributed by atoms with Gasteiger partial charge in [0.1, 0.15) is 0 Å². The zero-order valence-electron chi connectivity index (χ0n) is 7.84. The molecular formula is C9H22N2. The Kier molecular flexibility index (Phi) is 6.57. The first kappa shape index (κ1) is 10.9. The Morgan fingerprint density at radius 1 is 1.00 bits per heavy atom. The highest BCUT2D eigenvalue weighted by Crippen LogP contribution is 2.05. The average Bonchev–Trinajstić information content (AvgIpc) is 2.03. The predicted octanol–water partition coefficient (Wildman–Crippen LogP) is 1.63. The van der Waals surface area contributed by atoms with Gasteiger partial charge in [0, 0.05) is 12.1 Å². The van der Waals surface area contributed by atoms with Gasteiger partial charge in [-0.25, -0.2) is 0 Å². The zero-order chi connectivity index (χ0) is 8.69. The second kappa shape index (κ2) is 6.62. The fraction of sp³-hybridized carbons (Fsp3) is 1.00. The predicted molar refractivity (Wildman–Crippen MR) is 50.4 cm³/mol. The summed E-state index contributed by atoms with van der Waals surface area (Å²) in [5.74, 6) is 0. The van der Waals surface area contributed by atoms with Gasteiger partial charge in [-0.3, -0.25) is 0 Å². The third-order valence-electron chi connectivity index (χ3n) is 2.16. The summed E-state index contributed by atoms with van der Waals surface area (Å²) >= 11 is 0. The topological polar surface area (TPSA) is 52.0 Å². The molecule has 11 heavy (non-hydrogen) atoms. The van der Waals surface area contributed by atoms with Crippen molar-refractivity contribution in [2.24, 2.45) is 11.5 Å². The summed E-state index contributed by atoms with van der Waals surface area (Å²) in [6.45, 7) is 4.29. The Hall–Kier alpha value is -0.0800. The van der Waals surface area contributed by atoms with Gasteiger partial charge in [-0.15, -0.1) is 0 Å². The highest BCUT2D eigenvalue weighted by Gasteiger charge is 2.09. The Bertz CT molecular complexity index is 83.6. The third kappa shape index (κ3) is 5.22. The van der Waals surface area contributed by atoms with Crippen LogP contribution in [0.5, 0.6) is 0 Å². The van der Waals surface area contributed by atoms with E-state index in [1.807, 2.05) is 0 Å². The molecule has 0 radical (unpaired) electrons. The van der Waals surface area contributed by atoms with Crippen LogP contribution < -0.4 is 11.5 Å². The van der Waals surface area contributed by atoms with E-state index in [4.69, 9.17) is 11.5 Å². The Labute approximate surface area is 70.3 Å². The van der Waals surface area contributed by atoms with Crippen LogP contribution in [0.25, 0.3) is 0 Å². The molecule has 0 aliphatic carbocycles. The summed E-state index contributed by atoms with van der Waals surface area (Å²) in [5, 5.41) is 0. The largest absolute Gasteiger partial charge is 0.326 e. The van der Waals surface area contributed by atoms with Gasteiger partial charge >= 0.3 is 0 Å². The minimum absolute atomic E-state index is 0.201. The molecule has 4 N–H and O–H groups in total. The maximum Gasteiger partial charge on any atom is 0.0192 e. The fourth-order valence-electron chi connectivity index (χ4n) is 1.15. The second-order valence-corrected chi connectivity index (χ2v) is 3.23. The van der Waals surface area contributed by atoms with Crippen molar-refractivity contribution in [1.29, 1.82) is 0 Å². The molecule has 0 saturated carbocycles. The molecule has 2 heteroatoms. The van der Waals surface area contributed by atoms with Crippen molar-refractivity contribution >= 4 is 0 Å². The van der Waals surface area contributed by atoms with Crippen LogP contribution >= 0.6 is 0 Å². The molecule has 0 saturated heterocycles. The Balaban J connectivity index is 3.28. The second-order valence-electron chi connectivity index (χ2n) is 3.23. The van der Waals surface area contributed by atoms with Gasteiger partial charge in [-0.2, -0.15) is 0 Å². The van der Waals surface area contributed by atoms with E-state index in [0.29, 0.717) is 0 Å². The number of hydrogen-bond donors (Lipinski definition) is 2. The molecular weight excluding hydrogens is 136 g/mol. The van der Waals surface area contributed by atoms with Gasteiger partial charge in [0.05, 0.1) is 0 Å². The lowest BCUT2D eigenvalue weighted by atomic mass is 10.0. The van der Waals surface area contributed by atoms with Crippen molar-refractivity contribution in [3.05, 3.63) is 0 Å². The molecule has 0 aromatic carbocycles. The van der Waals surface area contributed by atoms with E-state index in [1.54, 1.807) is 0 Å². The van der Waals surface area contributed by atoms with Crippen LogP contribution in [0.1, 0.15) is 46.0 Å². The van der Waals surface area contributed by atoms with Crippen LogP contribution in [0.2, 0.25) is 0 Å². The molecule has 0 spiro atoms. The van der Waals surface area contributed by atoms with Gasteiger partial charge in [-0.1, -0.05) is 33.1 Å². The Morgan fingerprint density at radius 3 is 2.09 bits per heavy atom. The monoisotopic (exact) mass is 158 g/mol. The average molecular weight is 158 g/mol. The maximum atomic E-state index is 5.84. The maximum absolute atomic E-state index is 5.84. The zero-order valence-corrected chi connectivity index (χ0v) is 7.84. The van der Waals surface area contributed by atoms with Crippen molar-refractivity contribution in [2.75, 3.05) is 0 Å².